The third-order valence-electron chi connectivity index (χ3n) is 4.22. The zero-order valence-corrected chi connectivity index (χ0v) is 16.3. The topological polar surface area (TPSA) is 65.0 Å². The highest BCUT2D eigenvalue weighted by Crippen LogP contribution is 2.30. The molecule has 0 atom stereocenters. The molecule has 0 bridgehead atoms. The maximum atomic E-state index is 6.14. The molecule has 0 saturated heterocycles. The largest absolute Gasteiger partial charge is 0.491 e. The minimum absolute atomic E-state index is 0.623. The molecule has 27 heavy (non-hydrogen) atoms. The van der Waals surface area contributed by atoms with Gasteiger partial charge in [-0.15, -0.1) is 0 Å². The fourth-order valence-corrected chi connectivity index (χ4v) is 2.85. The average molecular weight is 368 g/mol. The summed E-state index contributed by atoms with van der Waals surface area (Å²) < 4.78 is 13.6. The van der Waals surface area contributed by atoms with Crippen LogP contribution in [0.4, 0.5) is 5.69 Å². The molecule has 2 aromatic heterocycles. The van der Waals surface area contributed by atoms with Gasteiger partial charge in [0, 0.05) is 24.5 Å². The number of fused-ring (bicyclic) bond motifs is 1. The lowest BCUT2D eigenvalue weighted by Crippen LogP contribution is -2.15. The van der Waals surface area contributed by atoms with Crippen LogP contribution in [0.2, 0.25) is 0 Å². The van der Waals surface area contributed by atoms with Crippen LogP contribution in [-0.2, 0) is 0 Å². The first-order valence-electron chi connectivity index (χ1n) is 9.36. The number of nitrogens with zero attached hydrogens (tertiary/aromatic N) is 3. The van der Waals surface area contributed by atoms with Gasteiger partial charge in [0.25, 0.3) is 0 Å². The van der Waals surface area contributed by atoms with E-state index in [0.717, 1.165) is 42.0 Å². The molecule has 2 N–H and O–H groups in total. The molecule has 0 spiro atoms. The molecule has 0 unspecified atom stereocenters. The third-order valence-corrected chi connectivity index (χ3v) is 4.22. The molecule has 144 valence electrons. The lowest BCUT2D eigenvalue weighted by Gasteiger charge is -2.10. The van der Waals surface area contributed by atoms with E-state index >= 15 is 0 Å². The van der Waals surface area contributed by atoms with Crippen LogP contribution in [0.1, 0.15) is 19.8 Å². The summed E-state index contributed by atoms with van der Waals surface area (Å²) in [6.45, 7) is 4.39. The Labute approximate surface area is 160 Å². The number of ether oxygens (including phenoxy) is 2. The summed E-state index contributed by atoms with van der Waals surface area (Å²) >= 11 is 0. The van der Waals surface area contributed by atoms with E-state index in [1.807, 2.05) is 47.1 Å². The van der Waals surface area contributed by atoms with Crippen molar-refractivity contribution in [1.29, 1.82) is 0 Å². The molecule has 0 saturated carbocycles. The van der Waals surface area contributed by atoms with Crippen LogP contribution in [0.5, 0.6) is 11.5 Å². The van der Waals surface area contributed by atoms with Gasteiger partial charge in [-0.25, -0.2) is 4.98 Å². The van der Waals surface area contributed by atoms with Crippen molar-refractivity contribution in [2.24, 2.45) is 0 Å². The number of nitrogens with two attached hydrogens (primary N) is 1. The smallest absolute Gasteiger partial charge is 0.180 e. The Bertz CT molecular complexity index is 889. The predicted molar refractivity (Wildman–Crippen MR) is 109 cm³/mol. The van der Waals surface area contributed by atoms with Crippen LogP contribution in [0.15, 0.2) is 42.7 Å². The predicted octanol–water partition coefficient (Wildman–Crippen LogP) is 3.70. The molecule has 1 aromatic carbocycles. The Morgan fingerprint density at radius 3 is 2.67 bits per heavy atom. The molecule has 6 heteroatoms. The van der Waals surface area contributed by atoms with Gasteiger partial charge in [0.2, 0.25) is 0 Å². The number of anilines is 1. The third kappa shape index (κ3) is 4.71. The Balaban J connectivity index is 1.80. The van der Waals surface area contributed by atoms with Gasteiger partial charge in [-0.05, 0) is 57.3 Å². The minimum Gasteiger partial charge on any atom is -0.491 e. The molecule has 6 nitrogen and oxygen atoms in total. The van der Waals surface area contributed by atoms with Gasteiger partial charge in [0.05, 0.1) is 24.6 Å². The van der Waals surface area contributed by atoms with Crippen LogP contribution >= 0.6 is 0 Å². The molecule has 0 radical (unpaired) electrons. The quantitative estimate of drug-likeness (QED) is 0.461. The van der Waals surface area contributed by atoms with Crippen LogP contribution in [-0.4, -0.2) is 48.1 Å². The summed E-state index contributed by atoms with van der Waals surface area (Å²) in [4.78, 5) is 6.91. The lowest BCUT2D eigenvalue weighted by atomic mass is 10.1. The molecule has 3 rings (SSSR count). The number of imidazole rings is 1. The molecule has 2 heterocycles. The first-order valence-corrected chi connectivity index (χ1v) is 9.36. The number of hydrogen-bond donors (Lipinski definition) is 1. The minimum atomic E-state index is 0.623. The van der Waals surface area contributed by atoms with E-state index in [0.29, 0.717) is 24.7 Å². The van der Waals surface area contributed by atoms with Crippen LogP contribution < -0.4 is 15.2 Å². The zero-order valence-electron chi connectivity index (χ0n) is 16.3. The summed E-state index contributed by atoms with van der Waals surface area (Å²) in [6, 6.07) is 9.72. The van der Waals surface area contributed by atoms with E-state index < -0.39 is 0 Å². The number of hydrogen-bond acceptors (Lipinski definition) is 5. The van der Waals surface area contributed by atoms with Crippen molar-refractivity contribution in [3.05, 3.63) is 42.7 Å². The van der Waals surface area contributed by atoms with E-state index in [1.54, 1.807) is 0 Å². The maximum absolute atomic E-state index is 6.14. The summed E-state index contributed by atoms with van der Waals surface area (Å²) in [7, 11) is 4.12. The lowest BCUT2D eigenvalue weighted by molar-refractivity contribution is 0.283. The van der Waals surface area contributed by atoms with Crippen molar-refractivity contribution in [3.8, 4) is 22.8 Å². The normalized spacial score (nSPS) is 11.3. The van der Waals surface area contributed by atoms with Crippen molar-refractivity contribution in [3.63, 3.8) is 0 Å². The average Bonchev–Trinajstić information content (AvgIpc) is 3.09. The van der Waals surface area contributed by atoms with E-state index in [1.165, 1.54) is 0 Å². The Morgan fingerprint density at radius 2 is 1.93 bits per heavy atom. The first-order chi connectivity index (χ1) is 13.1. The van der Waals surface area contributed by atoms with Gasteiger partial charge in [0.15, 0.2) is 11.4 Å². The number of aromatic nitrogens is 2. The van der Waals surface area contributed by atoms with Crippen LogP contribution in [0, 0.1) is 0 Å². The Hall–Kier alpha value is -2.73. The van der Waals surface area contributed by atoms with Crippen LogP contribution in [0.3, 0.4) is 0 Å². The van der Waals surface area contributed by atoms with Gasteiger partial charge in [0.1, 0.15) is 5.75 Å². The number of pyridine rings is 1. The van der Waals surface area contributed by atoms with Gasteiger partial charge >= 0.3 is 0 Å². The Morgan fingerprint density at radius 1 is 1.11 bits per heavy atom. The van der Waals surface area contributed by atoms with Crippen molar-refractivity contribution in [1.82, 2.24) is 14.3 Å². The molecule has 0 aliphatic carbocycles. The summed E-state index contributed by atoms with van der Waals surface area (Å²) in [5, 5.41) is 0. The summed E-state index contributed by atoms with van der Waals surface area (Å²) in [5.41, 5.74) is 9.38. The number of nitrogen functional groups attached to an aromatic ring is 1. The highest BCUT2D eigenvalue weighted by molar-refractivity contribution is 5.71. The van der Waals surface area contributed by atoms with E-state index in [4.69, 9.17) is 20.2 Å². The fourth-order valence-electron chi connectivity index (χ4n) is 2.85. The van der Waals surface area contributed by atoms with Crippen molar-refractivity contribution in [2.75, 3.05) is 39.6 Å². The van der Waals surface area contributed by atoms with Gasteiger partial charge in [-0.3, -0.25) is 0 Å². The van der Waals surface area contributed by atoms with Gasteiger partial charge < -0.3 is 24.5 Å². The fraction of sp³-hybridized carbons (Fsp3) is 0.381. The SMILES string of the molecule is CCCOc1ccc(-c2cn3cccc(OCCCN(C)C)c3n2)cc1N. The molecular weight excluding hydrogens is 340 g/mol. The van der Waals surface area contributed by atoms with E-state index in [-0.39, 0.29) is 0 Å². The summed E-state index contributed by atoms with van der Waals surface area (Å²) in [5.74, 6) is 1.51. The van der Waals surface area contributed by atoms with E-state index in [9.17, 15) is 0 Å². The second-order valence-electron chi connectivity index (χ2n) is 6.84. The maximum Gasteiger partial charge on any atom is 0.180 e. The second kappa shape index (κ2) is 8.77. The molecule has 0 amide bonds. The molecule has 0 aliphatic rings. The number of rotatable bonds is 9. The monoisotopic (exact) mass is 368 g/mol. The molecule has 0 aliphatic heterocycles. The zero-order chi connectivity index (χ0) is 19.2. The molecule has 3 aromatic rings. The van der Waals surface area contributed by atoms with Gasteiger partial charge in [-0.1, -0.05) is 6.92 Å². The van der Waals surface area contributed by atoms with Gasteiger partial charge in [-0.2, -0.15) is 0 Å². The highest BCUT2D eigenvalue weighted by atomic mass is 16.5. The highest BCUT2D eigenvalue weighted by Gasteiger charge is 2.11. The molecule has 0 fully saturated rings. The Kier molecular flexibility index (Phi) is 6.19. The van der Waals surface area contributed by atoms with E-state index in [2.05, 4.69) is 25.9 Å². The molecular formula is C21H28N4O2. The van der Waals surface area contributed by atoms with Crippen molar-refractivity contribution in [2.45, 2.75) is 19.8 Å². The van der Waals surface area contributed by atoms with Crippen molar-refractivity contribution >= 4 is 11.3 Å². The van der Waals surface area contributed by atoms with Crippen LogP contribution in [0.25, 0.3) is 16.9 Å². The second-order valence-corrected chi connectivity index (χ2v) is 6.84. The van der Waals surface area contributed by atoms with Crippen molar-refractivity contribution < 1.29 is 9.47 Å². The number of benzene rings is 1. The first kappa shape index (κ1) is 19.0. The summed E-state index contributed by atoms with van der Waals surface area (Å²) in [6.07, 6.45) is 5.88. The standard InChI is InChI=1S/C21H28N4O2/c1-4-12-26-19-9-8-16(14-17(19)22)18-15-25-11-5-7-20(21(25)23-18)27-13-6-10-24(2)3/h5,7-9,11,14-15H,4,6,10,12-13,22H2,1-3H3.